The van der Waals surface area contributed by atoms with Crippen molar-refractivity contribution in [2.45, 2.75) is 18.8 Å². The van der Waals surface area contributed by atoms with Crippen molar-refractivity contribution < 1.29 is 33.8 Å². The minimum Gasteiger partial charge on any atom is -0.502 e. The molecule has 0 spiro atoms. The van der Waals surface area contributed by atoms with Crippen LogP contribution in [0.25, 0.3) is 0 Å². The van der Waals surface area contributed by atoms with Crippen molar-refractivity contribution in [3.63, 3.8) is 0 Å². The van der Waals surface area contributed by atoms with Crippen LogP contribution in [0.15, 0.2) is 133 Å². The third-order valence-corrected chi connectivity index (χ3v) is 11.9. The van der Waals surface area contributed by atoms with Crippen molar-refractivity contribution in [2.24, 2.45) is 29.6 Å². The number of imide groups is 2. The molecule has 3 fully saturated rings. The molecule has 9 rings (SSSR count). The van der Waals surface area contributed by atoms with Gasteiger partial charge in [-0.3, -0.25) is 29.0 Å². The van der Waals surface area contributed by atoms with Crippen molar-refractivity contribution in [1.29, 1.82) is 0 Å². The van der Waals surface area contributed by atoms with E-state index < -0.39 is 35.5 Å². The number of allylic oxidation sites excluding steroid dienone is 2. The van der Waals surface area contributed by atoms with E-state index >= 15 is 0 Å². The first-order valence-electron chi connectivity index (χ1n) is 19.0. The third kappa shape index (κ3) is 6.06. The molecule has 2 aliphatic heterocycles. The standard InChI is InChI=1S/C46H40N4O7/c1-56-37-23-26(24-38(57-2)42(37)51)39-33-21-22-34-40(45(54)49(43(34)52)31-17-13-29(14-18-31)47-27-9-5-3-6-10-27)35(33)25-36-41(39)46(55)50(44(36)53)32-19-15-30(16-20-32)48-28-11-7-4-8-12-28/h3-21,23-24,34-36,39-41,47-48,51H,22,25H2,1-2H3/t34-,35+,36+,39-,40-,41+/m0/s1. The van der Waals surface area contributed by atoms with E-state index in [0.717, 1.165) is 28.3 Å². The quantitative estimate of drug-likeness (QED) is 0.101. The summed E-state index contributed by atoms with van der Waals surface area (Å²) in [5.41, 5.74) is 5.75. The molecule has 5 aromatic carbocycles. The van der Waals surface area contributed by atoms with Gasteiger partial charge >= 0.3 is 0 Å². The molecule has 2 aliphatic carbocycles. The van der Waals surface area contributed by atoms with Crippen molar-refractivity contribution in [3.8, 4) is 17.2 Å². The maximum Gasteiger partial charge on any atom is 0.238 e. The van der Waals surface area contributed by atoms with Crippen LogP contribution >= 0.6 is 0 Å². The van der Waals surface area contributed by atoms with Gasteiger partial charge in [-0.15, -0.1) is 0 Å². The van der Waals surface area contributed by atoms with Crippen LogP contribution in [0.2, 0.25) is 0 Å². The Labute approximate surface area is 329 Å². The Morgan fingerprint density at radius 2 is 1.02 bits per heavy atom. The number of anilines is 6. The number of hydrogen-bond acceptors (Lipinski definition) is 9. The molecule has 2 heterocycles. The number of para-hydroxylation sites is 2. The van der Waals surface area contributed by atoms with Gasteiger partial charge in [0.15, 0.2) is 11.5 Å². The first-order valence-corrected chi connectivity index (χ1v) is 19.0. The molecule has 3 N–H and O–H groups in total. The average molecular weight is 761 g/mol. The molecule has 11 nitrogen and oxygen atoms in total. The fourth-order valence-corrected chi connectivity index (χ4v) is 9.33. The fourth-order valence-electron chi connectivity index (χ4n) is 9.33. The molecular formula is C46H40N4O7. The Hall–Kier alpha value is -6.88. The number of rotatable bonds is 9. The highest BCUT2D eigenvalue weighted by atomic mass is 16.5. The van der Waals surface area contributed by atoms with Gasteiger partial charge in [-0.2, -0.15) is 0 Å². The Morgan fingerprint density at radius 1 is 0.561 bits per heavy atom. The van der Waals surface area contributed by atoms with E-state index in [-0.39, 0.29) is 47.3 Å². The first-order chi connectivity index (χ1) is 27.7. The van der Waals surface area contributed by atoms with E-state index in [4.69, 9.17) is 9.47 Å². The second-order valence-corrected chi connectivity index (χ2v) is 14.9. The Morgan fingerprint density at radius 3 is 1.51 bits per heavy atom. The highest BCUT2D eigenvalue weighted by Gasteiger charge is 2.62. The number of ether oxygens (including phenoxy) is 2. The van der Waals surface area contributed by atoms with Gasteiger partial charge in [-0.05, 0) is 109 Å². The lowest BCUT2D eigenvalue weighted by Crippen LogP contribution is -2.43. The predicted octanol–water partition coefficient (Wildman–Crippen LogP) is 7.94. The van der Waals surface area contributed by atoms with Gasteiger partial charge in [0.1, 0.15) is 0 Å². The van der Waals surface area contributed by atoms with Crippen LogP contribution in [-0.4, -0.2) is 43.0 Å². The number of hydrogen-bond donors (Lipinski definition) is 3. The number of phenols is 1. The van der Waals surface area contributed by atoms with Crippen molar-refractivity contribution >= 4 is 57.8 Å². The second-order valence-electron chi connectivity index (χ2n) is 14.9. The molecule has 2 saturated heterocycles. The predicted molar refractivity (Wildman–Crippen MR) is 216 cm³/mol. The molecule has 0 unspecified atom stereocenters. The van der Waals surface area contributed by atoms with Gasteiger partial charge < -0.3 is 25.2 Å². The number of carbonyl (C=O) groups is 4. The monoisotopic (exact) mass is 760 g/mol. The molecule has 0 bridgehead atoms. The number of methoxy groups -OCH3 is 2. The normalized spacial score (nSPS) is 23.7. The van der Waals surface area contributed by atoms with Crippen molar-refractivity contribution in [3.05, 3.63) is 139 Å². The Kier molecular flexibility index (Phi) is 8.99. The van der Waals surface area contributed by atoms with Crippen LogP contribution in [0.4, 0.5) is 34.1 Å². The summed E-state index contributed by atoms with van der Waals surface area (Å²) >= 11 is 0. The van der Waals surface area contributed by atoms with Gasteiger partial charge in [0.2, 0.25) is 29.4 Å². The zero-order valence-corrected chi connectivity index (χ0v) is 31.3. The summed E-state index contributed by atoms with van der Waals surface area (Å²) in [5, 5.41) is 17.5. The largest absolute Gasteiger partial charge is 0.502 e. The van der Waals surface area contributed by atoms with E-state index in [1.54, 1.807) is 36.4 Å². The van der Waals surface area contributed by atoms with Crippen LogP contribution in [0.5, 0.6) is 17.2 Å². The van der Waals surface area contributed by atoms with E-state index in [2.05, 4.69) is 10.6 Å². The zero-order chi connectivity index (χ0) is 39.4. The number of benzene rings is 5. The highest BCUT2D eigenvalue weighted by molar-refractivity contribution is 6.24. The summed E-state index contributed by atoms with van der Waals surface area (Å²) in [6, 6.07) is 37.1. The fraction of sp³-hybridized carbons (Fsp3) is 0.217. The lowest BCUT2D eigenvalue weighted by atomic mass is 9.57. The van der Waals surface area contributed by atoms with E-state index in [1.165, 1.54) is 24.0 Å². The second kappa shape index (κ2) is 14.3. The average Bonchev–Trinajstić information content (AvgIpc) is 3.65. The number of nitrogens with zero attached hydrogens (tertiary/aromatic N) is 2. The maximum absolute atomic E-state index is 14.7. The molecule has 6 atom stereocenters. The van der Waals surface area contributed by atoms with Crippen LogP contribution in [-0.2, 0) is 19.2 Å². The van der Waals surface area contributed by atoms with E-state index in [9.17, 15) is 24.3 Å². The number of amides is 4. The van der Waals surface area contributed by atoms with Gasteiger partial charge in [-0.25, -0.2) is 0 Å². The highest BCUT2D eigenvalue weighted by Crippen LogP contribution is 2.59. The van der Waals surface area contributed by atoms with Crippen LogP contribution < -0.4 is 29.9 Å². The molecule has 4 amide bonds. The third-order valence-electron chi connectivity index (χ3n) is 11.9. The smallest absolute Gasteiger partial charge is 0.238 e. The summed E-state index contributed by atoms with van der Waals surface area (Å²) < 4.78 is 11.1. The lowest BCUT2D eigenvalue weighted by Gasteiger charge is -2.44. The zero-order valence-electron chi connectivity index (χ0n) is 31.3. The Bertz CT molecular complexity index is 2390. The first kappa shape index (κ1) is 35.8. The van der Waals surface area contributed by atoms with Gasteiger partial charge in [-0.1, -0.05) is 48.0 Å². The van der Waals surface area contributed by atoms with Gasteiger partial charge in [0, 0.05) is 28.7 Å². The molecule has 11 heteroatoms. The summed E-state index contributed by atoms with van der Waals surface area (Å²) in [6.45, 7) is 0. The molecular weight excluding hydrogens is 721 g/mol. The molecule has 0 radical (unpaired) electrons. The summed E-state index contributed by atoms with van der Waals surface area (Å²) in [7, 11) is 2.86. The number of carbonyl (C=O) groups excluding carboxylic acids is 4. The van der Waals surface area contributed by atoms with E-state index in [1.807, 2.05) is 91.0 Å². The number of aromatic hydroxyl groups is 1. The number of phenolic OH excluding ortho intramolecular Hbond substituents is 1. The number of nitrogens with one attached hydrogen (secondary N) is 2. The minimum atomic E-state index is -0.814. The van der Waals surface area contributed by atoms with Crippen LogP contribution in [0.3, 0.4) is 0 Å². The summed E-state index contributed by atoms with van der Waals surface area (Å²) in [6.07, 6.45) is 2.51. The molecule has 5 aromatic rings. The molecule has 0 aromatic heterocycles. The topological polar surface area (TPSA) is 138 Å². The molecule has 286 valence electrons. The lowest BCUT2D eigenvalue weighted by molar-refractivity contribution is -0.126. The van der Waals surface area contributed by atoms with Crippen molar-refractivity contribution in [1.82, 2.24) is 0 Å². The minimum absolute atomic E-state index is 0.149. The summed E-state index contributed by atoms with van der Waals surface area (Å²) in [4.78, 5) is 60.5. The van der Waals surface area contributed by atoms with Crippen molar-refractivity contribution in [2.75, 3.05) is 34.7 Å². The SMILES string of the molecule is COc1cc([C@H]2C3=CC[C@@H]4C(=O)N(c5ccc(Nc6ccccc6)cc5)C(=O)[C@@H]4[C@@H]3C[C@H]3C(=O)N(c4ccc(Nc5ccccc5)cc4)C(=O)[C@@H]23)cc(OC)c1O. The van der Waals surface area contributed by atoms with Gasteiger partial charge in [0.05, 0.1) is 49.3 Å². The summed E-state index contributed by atoms with van der Waals surface area (Å²) in [5.74, 6) is -5.33. The van der Waals surface area contributed by atoms with Crippen LogP contribution in [0, 0.1) is 29.6 Å². The molecule has 1 saturated carbocycles. The van der Waals surface area contributed by atoms with E-state index in [0.29, 0.717) is 23.4 Å². The van der Waals surface area contributed by atoms with Crippen LogP contribution in [0.1, 0.15) is 24.3 Å². The molecule has 57 heavy (non-hydrogen) atoms. The molecule has 4 aliphatic rings. The number of fused-ring (bicyclic) bond motifs is 4. The maximum atomic E-state index is 14.7. The van der Waals surface area contributed by atoms with Gasteiger partial charge in [0.25, 0.3) is 0 Å². The Balaban J connectivity index is 1.07.